The Morgan fingerprint density at radius 2 is 1.66 bits per heavy atom. The van der Waals surface area contributed by atoms with Crippen molar-refractivity contribution in [2.24, 2.45) is 0 Å². The third-order valence-corrected chi connectivity index (χ3v) is 5.47. The van der Waals surface area contributed by atoms with Gasteiger partial charge in [0.2, 0.25) is 5.91 Å². The molecule has 0 radical (unpaired) electrons. The molecular formula is C27H27N3O2. The summed E-state index contributed by atoms with van der Waals surface area (Å²) >= 11 is 0. The zero-order valence-electron chi connectivity index (χ0n) is 18.7. The Kier molecular flexibility index (Phi) is 6.36. The molecule has 0 aliphatic rings. The molecule has 162 valence electrons. The van der Waals surface area contributed by atoms with Crippen molar-refractivity contribution in [3.8, 4) is 22.7 Å². The predicted molar refractivity (Wildman–Crippen MR) is 127 cm³/mol. The van der Waals surface area contributed by atoms with Gasteiger partial charge in [0.25, 0.3) is 0 Å². The fraction of sp³-hybridized carbons (Fsp3) is 0.185. The standard InChI is InChI=1S/C27H27N3O2/c1-20-14-15-25(32-3)22(16-20)17-26(31)29(2)18-23-19-30(24-12-8-5-9-13-24)28-27(23)21-10-6-4-7-11-21/h4-16,19H,17-18H2,1-3H3. The molecule has 3 aromatic carbocycles. The lowest BCUT2D eigenvalue weighted by molar-refractivity contribution is -0.129. The van der Waals surface area contributed by atoms with Crippen molar-refractivity contribution in [1.82, 2.24) is 14.7 Å². The van der Waals surface area contributed by atoms with Crippen LogP contribution in [-0.4, -0.2) is 34.7 Å². The van der Waals surface area contributed by atoms with E-state index in [2.05, 4.69) is 0 Å². The van der Waals surface area contributed by atoms with Gasteiger partial charge in [-0.15, -0.1) is 0 Å². The molecular weight excluding hydrogens is 398 g/mol. The Balaban J connectivity index is 1.61. The van der Waals surface area contributed by atoms with Gasteiger partial charge >= 0.3 is 0 Å². The van der Waals surface area contributed by atoms with Crippen LogP contribution in [0, 0.1) is 6.92 Å². The highest BCUT2D eigenvalue weighted by molar-refractivity contribution is 5.79. The maximum Gasteiger partial charge on any atom is 0.227 e. The molecule has 0 fully saturated rings. The van der Waals surface area contributed by atoms with Crippen molar-refractivity contribution in [3.05, 3.63) is 102 Å². The van der Waals surface area contributed by atoms with Gasteiger partial charge in [-0.2, -0.15) is 5.10 Å². The molecule has 0 aliphatic carbocycles. The molecule has 1 heterocycles. The summed E-state index contributed by atoms with van der Waals surface area (Å²) in [4.78, 5) is 14.8. The fourth-order valence-electron chi connectivity index (χ4n) is 3.76. The number of benzene rings is 3. The van der Waals surface area contributed by atoms with Crippen molar-refractivity contribution in [2.45, 2.75) is 19.9 Å². The van der Waals surface area contributed by atoms with Crippen LogP contribution in [-0.2, 0) is 17.8 Å². The summed E-state index contributed by atoms with van der Waals surface area (Å²) in [5.41, 5.74) is 5.88. The van der Waals surface area contributed by atoms with Gasteiger partial charge in [0.05, 0.1) is 24.9 Å². The molecule has 1 amide bonds. The molecule has 0 saturated heterocycles. The molecule has 0 spiro atoms. The Labute approximate surface area is 188 Å². The van der Waals surface area contributed by atoms with E-state index < -0.39 is 0 Å². The van der Waals surface area contributed by atoms with Crippen LogP contribution in [0.1, 0.15) is 16.7 Å². The van der Waals surface area contributed by atoms with Crippen LogP contribution in [0.15, 0.2) is 85.1 Å². The molecule has 4 rings (SSSR count). The monoisotopic (exact) mass is 425 g/mol. The molecule has 0 atom stereocenters. The summed E-state index contributed by atoms with van der Waals surface area (Å²) in [6.45, 7) is 2.48. The quantitative estimate of drug-likeness (QED) is 0.416. The van der Waals surface area contributed by atoms with Gasteiger partial charge in [-0.25, -0.2) is 4.68 Å². The first-order valence-electron chi connectivity index (χ1n) is 10.6. The van der Waals surface area contributed by atoms with Crippen LogP contribution in [0.25, 0.3) is 16.9 Å². The number of carbonyl (C=O) groups excluding carboxylic acids is 1. The lowest BCUT2D eigenvalue weighted by atomic mass is 10.1. The third kappa shape index (κ3) is 4.72. The lowest BCUT2D eigenvalue weighted by Crippen LogP contribution is -2.28. The maximum atomic E-state index is 13.1. The van der Waals surface area contributed by atoms with E-state index in [1.807, 2.05) is 104 Å². The van der Waals surface area contributed by atoms with E-state index in [4.69, 9.17) is 9.84 Å². The summed E-state index contributed by atoms with van der Waals surface area (Å²) in [5, 5.41) is 4.84. The van der Waals surface area contributed by atoms with Gasteiger partial charge in [0.15, 0.2) is 0 Å². The van der Waals surface area contributed by atoms with Crippen molar-refractivity contribution in [2.75, 3.05) is 14.2 Å². The van der Waals surface area contributed by atoms with E-state index in [9.17, 15) is 4.79 Å². The highest BCUT2D eigenvalue weighted by Crippen LogP contribution is 2.25. The smallest absolute Gasteiger partial charge is 0.227 e. The Bertz CT molecular complexity index is 1200. The van der Waals surface area contributed by atoms with Crippen LogP contribution >= 0.6 is 0 Å². The second-order valence-corrected chi connectivity index (χ2v) is 7.89. The van der Waals surface area contributed by atoms with Gasteiger partial charge in [-0.3, -0.25) is 4.79 Å². The minimum absolute atomic E-state index is 0.0281. The number of nitrogens with zero attached hydrogens (tertiary/aromatic N) is 3. The zero-order valence-corrected chi connectivity index (χ0v) is 18.7. The number of amides is 1. The van der Waals surface area contributed by atoms with Crippen LogP contribution < -0.4 is 4.74 Å². The number of aryl methyl sites for hydroxylation is 1. The fourth-order valence-corrected chi connectivity index (χ4v) is 3.76. The number of aromatic nitrogens is 2. The molecule has 0 unspecified atom stereocenters. The van der Waals surface area contributed by atoms with E-state index >= 15 is 0 Å². The Morgan fingerprint density at radius 1 is 0.969 bits per heavy atom. The first-order chi connectivity index (χ1) is 15.5. The summed E-state index contributed by atoms with van der Waals surface area (Å²) in [5.74, 6) is 0.764. The molecule has 0 aliphatic heterocycles. The van der Waals surface area contributed by atoms with Crippen LogP contribution in [0.5, 0.6) is 5.75 Å². The minimum Gasteiger partial charge on any atom is -0.496 e. The third-order valence-electron chi connectivity index (χ3n) is 5.47. The molecule has 5 nitrogen and oxygen atoms in total. The van der Waals surface area contributed by atoms with Crippen LogP contribution in [0.3, 0.4) is 0 Å². The molecule has 5 heteroatoms. The molecule has 0 saturated carbocycles. The number of methoxy groups -OCH3 is 1. The molecule has 0 bridgehead atoms. The minimum atomic E-state index is 0.0281. The average molecular weight is 426 g/mol. The predicted octanol–water partition coefficient (Wildman–Crippen LogP) is 5.06. The number of likely N-dealkylation sites (N-methyl/N-ethyl adjacent to an activating group) is 1. The Hall–Kier alpha value is -3.86. The number of rotatable bonds is 7. The first kappa shape index (κ1) is 21.4. The van der Waals surface area contributed by atoms with Crippen molar-refractivity contribution in [3.63, 3.8) is 0 Å². The summed E-state index contributed by atoms with van der Waals surface area (Å²) < 4.78 is 7.32. The number of hydrogen-bond acceptors (Lipinski definition) is 3. The number of ether oxygens (including phenoxy) is 1. The van der Waals surface area contributed by atoms with Gasteiger partial charge in [-0.05, 0) is 25.1 Å². The highest BCUT2D eigenvalue weighted by atomic mass is 16.5. The SMILES string of the molecule is COc1ccc(C)cc1CC(=O)N(C)Cc1cn(-c2ccccc2)nc1-c1ccccc1. The molecule has 4 aromatic rings. The summed E-state index contributed by atoms with van der Waals surface area (Å²) in [7, 11) is 3.46. The molecule has 1 aromatic heterocycles. The average Bonchev–Trinajstić information content (AvgIpc) is 3.24. The number of carbonyl (C=O) groups is 1. The largest absolute Gasteiger partial charge is 0.496 e. The molecule has 32 heavy (non-hydrogen) atoms. The first-order valence-corrected chi connectivity index (χ1v) is 10.6. The van der Waals surface area contributed by atoms with Gasteiger partial charge in [-0.1, -0.05) is 66.2 Å². The van der Waals surface area contributed by atoms with E-state index in [1.54, 1.807) is 12.0 Å². The van der Waals surface area contributed by atoms with E-state index in [0.717, 1.165) is 39.4 Å². The summed E-state index contributed by atoms with van der Waals surface area (Å²) in [6, 6.07) is 26.0. The maximum absolute atomic E-state index is 13.1. The Morgan fingerprint density at radius 3 is 2.34 bits per heavy atom. The zero-order chi connectivity index (χ0) is 22.5. The van der Waals surface area contributed by atoms with Crippen molar-refractivity contribution >= 4 is 5.91 Å². The van der Waals surface area contributed by atoms with Gasteiger partial charge < -0.3 is 9.64 Å². The van der Waals surface area contributed by atoms with E-state index in [-0.39, 0.29) is 12.3 Å². The summed E-state index contributed by atoms with van der Waals surface area (Å²) in [6.07, 6.45) is 2.30. The lowest BCUT2D eigenvalue weighted by Gasteiger charge is -2.18. The number of para-hydroxylation sites is 1. The topological polar surface area (TPSA) is 47.4 Å². The van der Waals surface area contributed by atoms with E-state index in [1.165, 1.54) is 0 Å². The normalized spacial score (nSPS) is 10.7. The highest BCUT2D eigenvalue weighted by Gasteiger charge is 2.18. The van der Waals surface area contributed by atoms with Gasteiger partial charge in [0, 0.05) is 36.5 Å². The van der Waals surface area contributed by atoms with Crippen LogP contribution in [0.4, 0.5) is 0 Å². The van der Waals surface area contributed by atoms with Crippen LogP contribution in [0.2, 0.25) is 0 Å². The number of hydrogen-bond donors (Lipinski definition) is 0. The van der Waals surface area contributed by atoms with Crippen molar-refractivity contribution < 1.29 is 9.53 Å². The van der Waals surface area contributed by atoms with E-state index in [0.29, 0.717) is 6.54 Å². The molecule has 0 N–H and O–H groups in total. The second kappa shape index (κ2) is 9.52. The van der Waals surface area contributed by atoms with Crippen molar-refractivity contribution in [1.29, 1.82) is 0 Å². The second-order valence-electron chi connectivity index (χ2n) is 7.89. The van der Waals surface area contributed by atoms with Gasteiger partial charge in [0.1, 0.15) is 5.75 Å².